The topological polar surface area (TPSA) is 80.2 Å². The van der Waals surface area contributed by atoms with Crippen molar-refractivity contribution in [2.75, 3.05) is 24.8 Å². The lowest BCUT2D eigenvalue weighted by atomic mass is 9.95. The van der Waals surface area contributed by atoms with E-state index in [-0.39, 0.29) is 18.1 Å². The van der Waals surface area contributed by atoms with Crippen LogP contribution in [-0.2, 0) is 16.0 Å². The summed E-state index contributed by atoms with van der Waals surface area (Å²) >= 11 is 0. The highest BCUT2D eigenvalue weighted by molar-refractivity contribution is 6.46. The average molecular weight is 446 g/mol. The van der Waals surface area contributed by atoms with Gasteiger partial charge in [0.15, 0.2) is 11.5 Å². The first-order chi connectivity index (χ1) is 16.0. The molecule has 0 fully saturated rings. The molecule has 1 N–H and O–H groups in total. The van der Waals surface area contributed by atoms with Crippen molar-refractivity contribution in [3.63, 3.8) is 0 Å². The fourth-order valence-corrected chi connectivity index (χ4v) is 4.34. The van der Waals surface area contributed by atoms with Gasteiger partial charge in [0.2, 0.25) is 11.7 Å². The lowest BCUT2D eigenvalue weighted by molar-refractivity contribution is -0.118. The average Bonchev–Trinajstić information content (AvgIpc) is 3.05. The van der Waals surface area contributed by atoms with Crippen molar-refractivity contribution >= 4 is 28.8 Å². The summed E-state index contributed by atoms with van der Waals surface area (Å²) in [5, 5.41) is 9.20. The van der Waals surface area contributed by atoms with E-state index < -0.39 is 0 Å². The fourth-order valence-electron chi connectivity index (χ4n) is 4.34. The van der Waals surface area contributed by atoms with E-state index in [1.54, 1.807) is 6.08 Å². The summed E-state index contributed by atoms with van der Waals surface area (Å²) < 4.78 is 11.7. The molecule has 0 unspecified atom stereocenters. The molecule has 0 atom stereocenters. The molecule has 1 amide bonds. The van der Waals surface area contributed by atoms with Crippen molar-refractivity contribution in [3.05, 3.63) is 58.7 Å². The van der Waals surface area contributed by atoms with Crippen molar-refractivity contribution in [1.29, 1.82) is 0 Å². The van der Waals surface area contributed by atoms with Crippen LogP contribution in [0.2, 0.25) is 0 Å². The zero-order chi connectivity index (χ0) is 22.9. The first kappa shape index (κ1) is 21.2. The third kappa shape index (κ3) is 4.23. The molecule has 0 saturated carbocycles. The SMILES string of the molecule is Cc1ccc(C)c(N2N=C(C(=O)/C=C3\NCCc4cc5c(cc43)OCCCO5)CCC2=O)c1. The van der Waals surface area contributed by atoms with Crippen LogP contribution < -0.4 is 19.8 Å². The molecule has 3 heterocycles. The van der Waals surface area contributed by atoms with Gasteiger partial charge in [-0.2, -0.15) is 5.10 Å². The summed E-state index contributed by atoms with van der Waals surface area (Å²) in [4.78, 5) is 25.8. The van der Waals surface area contributed by atoms with Gasteiger partial charge in [0.05, 0.1) is 18.9 Å². The van der Waals surface area contributed by atoms with Gasteiger partial charge in [-0.05, 0) is 55.2 Å². The number of rotatable bonds is 3. The minimum absolute atomic E-state index is 0.103. The number of nitrogens with one attached hydrogen (secondary N) is 1. The van der Waals surface area contributed by atoms with Crippen molar-refractivity contribution in [3.8, 4) is 11.5 Å². The number of fused-ring (bicyclic) bond motifs is 2. The second-order valence-electron chi connectivity index (χ2n) is 8.65. The summed E-state index contributed by atoms with van der Waals surface area (Å²) in [6.07, 6.45) is 3.86. The van der Waals surface area contributed by atoms with Crippen molar-refractivity contribution in [2.45, 2.75) is 39.5 Å². The van der Waals surface area contributed by atoms with Crippen molar-refractivity contribution < 1.29 is 19.1 Å². The number of carbonyl (C=O) groups excluding carboxylic acids is 2. The zero-order valence-corrected chi connectivity index (χ0v) is 18.9. The highest BCUT2D eigenvalue weighted by atomic mass is 16.5. The van der Waals surface area contributed by atoms with E-state index >= 15 is 0 Å². The minimum atomic E-state index is -0.194. The number of hydrogen-bond acceptors (Lipinski definition) is 6. The molecular weight excluding hydrogens is 418 g/mol. The molecule has 0 aliphatic carbocycles. The number of carbonyl (C=O) groups is 2. The van der Waals surface area contributed by atoms with E-state index in [9.17, 15) is 9.59 Å². The highest BCUT2D eigenvalue weighted by Gasteiger charge is 2.27. The Hall–Kier alpha value is -3.61. The second-order valence-corrected chi connectivity index (χ2v) is 8.65. The van der Waals surface area contributed by atoms with Gasteiger partial charge >= 0.3 is 0 Å². The van der Waals surface area contributed by atoms with E-state index in [2.05, 4.69) is 10.4 Å². The number of ketones is 1. The summed E-state index contributed by atoms with van der Waals surface area (Å²) in [7, 11) is 0. The number of hydrazone groups is 1. The maximum atomic E-state index is 13.2. The van der Waals surface area contributed by atoms with Gasteiger partial charge in [0, 0.05) is 43.1 Å². The number of anilines is 1. The number of ether oxygens (including phenoxy) is 2. The van der Waals surface area contributed by atoms with Gasteiger partial charge in [-0.15, -0.1) is 0 Å². The first-order valence-electron chi connectivity index (χ1n) is 11.4. The van der Waals surface area contributed by atoms with Crippen LogP contribution in [0.25, 0.3) is 5.70 Å². The molecule has 7 nitrogen and oxygen atoms in total. The Kier molecular flexibility index (Phi) is 5.62. The van der Waals surface area contributed by atoms with Crippen LogP contribution in [0.5, 0.6) is 11.5 Å². The minimum Gasteiger partial charge on any atom is -0.490 e. The Morgan fingerprint density at radius 1 is 1.06 bits per heavy atom. The van der Waals surface area contributed by atoms with Crippen LogP contribution in [0.4, 0.5) is 5.69 Å². The fraction of sp³-hybridized carbons (Fsp3) is 0.346. The van der Waals surface area contributed by atoms with Crippen LogP contribution in [0.15, 0.2) is 41.5 Å². The number of nitrogens with zero attached hydrogens (tertiary/aromatic N) is 2. The lowest BCUT2D eigenvalue weighted by Crippen LogP contribution is -2.34. The molecule has 0 aromatic heterocycles. The third-order valence-electron chi connectivity index (χ3n) is 6.16. The maximum Gasteiger partial charge on any atom is 0.247 e. The van der Waals surface area contributed by atoms with Crippen molar-refractivity contribution in [1.82, 2.24) is 5.32 Å². The van der Waals surface area contributed by atoms with E-state index in [4.69, 9.17) is 9.47 Å². The van der Waals surface area contributed by atoms with Crippen molar-refractivity contribution in [2.24, 2.45) is 5.10 Å². The Balaban J connectivity index is 1.47. The lowest BCUT2D eigenvalue weighted by Gasteiger charge is -2.25. The van der Waals surface area contributed by atoms with E-state index in [0.29, 0.717) is 31.1 Å². The molecule has 5 rings (SSSR count). The van der Waals surface area contributed by atoms with Gasteiger partial charge in [-0.3, -0.25) is 9.59 Å². The summed E-state index contributed by atoms with van der Waals surface area (Å²) in [5.41, 5.74) is 5.88. The van der Waals surface area contributed by atoms with Crippen LogP contribution in [0.1, 0.15) is 41.5 Å². The molecule has 0 spiro atoms. The standard InChI is InChI=1S/C26H27N3O4/c1-16-4-5-17(2)22(12-16)29-26(31)7-6-20(28-29)23(30)15-21-19-14-25-24(32-10-3-11-33-25)13-18(19)8-9-27-21/h4-5,12-15,27H,3,6-11H2,1-2H3/b21-15-. The summed E-state index contributed by atoms with van der Waals surface area (Å²) in [6, 6.07) is 9.86. The van der Waals surface area contributed by atoms with E-state index in [1.165, 1.54) is 5.01 Å². The predicted octanol–water partition coefficient (Wildman–Crippen LogP) is 3.70. The third-order valence-corrected chi connectivity index (χ3v) is 6.16. The largest absolute Gasteiger partial charge is 0.490 e. The number of hydrogen-bond donors (Lipinski definition) is 1. The van der Waals surface area contributed by atoms with Gasteiger partial charge in [0.1, 0.15) is 5.71 Å². The summed E-state index contributed by atoms with van der Waals surface area (Å²) in [6.45, 7) is 5.88. The van der Waals surface area contributed by atoms with Crippen LogP contribution in [0, 0.1) is 13.8 Å². The number of aryl methyl sites for hydroxylation is 2. The zero-order valence-electron chi connectivity index (χ0n) is 18.9. The van der Waals surface area contributed by atoms with Gasteiger partial charge in [-0.1, -0.05) is 12.1 Å². The molecule has 3 aliphatic heterocycles. The second kappa shape index (κ2) is 8.73. The molecule has 2 aromatic rings. The Morgan fingerprint density at radius 2 is 1.85 bits per heavy atom. The molecule has 0 bridgehead atoms. The van der Waals surface area contributed by atoms with Crippen LogP contribution in [-0.4, -0.2) is 37.2 Å². The Morgan fingerprint density at radius 3 is 2.67 bits per heavy atom. The maximum absolute atomic E-state index is 13.2. The Labute approximate surface area is 193 Å². The molecule has 3 aliphatic rings. The highest BCUT2D eigenvalue weighted by Crippen LogP contribution is 2.36. The molecule has 0 radical (unpaired) electrons. The summed E-state index contributed by atoms with van der Waals surface area (Å²) in [5.74, 6) is 1.17. The smallest absolute Gasteiger partial charge is 0.247 e. The Bertz CT molecular complexity index is 1200. The first-order valence-corrected chi connectivity index (χ1v) is 11.4. The van der Waals surface area contributed by atoms with E-state index in [0.717, 1.165) is 58.8 Å². The molecule has 170 valence electrons. The number of benzene rings is 2. The normalized spacial score (nSPS) is 18.8. The number of amides is 1. The molecule has 33 heavy (non-hydrogen) atoms. The quantitative estimate of drug-likeness (QED) is 0.729. The van der Waals surface area contributed by atoms with Crippen LogP contribution in [0.3, 0.4) is 0 Å². The van der Waals surface area contributed by atoms with Gasteiger partial charge in [-0.25, -0.2) is 5.01 Å². The molecule has 0 saturated heterocycles. The molecule has 7 heteroatoms. The predicted molar refractivity (Wildman–Crippen MR) is 127 cm³/mol. The monoisotopic (exact) mass is 445 g/mol. The van der Waals surface area contributed by atoms with Gasteiger partial charge < -0.3 is 14.8 Å². The van der Waals surface area contributed by atoms with Crippen LogP contribution >= 0.6 is 0 Å². The molecule has 2 aromatic carbocycles. The molecular formula is C26H27N3O4. The van der Waals surface area contributed by atoms with Gasteiger partial charge in [0.25, 0.3) is 0 Å². The van der Waals surface area contributed by atoms with E-state index in [1.807, 2.05) is 44.2 Å². The number of allylic oxidation sites excluding steroid dienone is 1.